The van der Waals surface area contributed by atoms with Crippen LogP contribution in [-0.2, 0) is 16.1 Å². The number of aliphatic hydroxyl groups is 1. The Morgan fingerprint density at radius 1 is 1.56 bits per heavy atom. The summed E-state index contributed by atoms with van der Waals surface area (Å²) in [4.78, 5) is 0. The van der Waals surface area contributed by atoms with Crippen LogP contribution in [0, 0.1) is 10.6 Å². The van der Waals surface area contributed by atoms with Crippen LogP contribution >= 0.6 is 0 Å². The Bertz CT molecular complexity index is 961. The number of nitrogens with one attached hydrogen (secondary N) is 3. The first-order valence-corrected chi connectivity index (χ1v) is 10.1. The number of fused-ring (bicyclic) bond motifs is 1. The minimum atomic E-state index is -2.85. The molecule has 2 unspecified atom stereocenters. The monoisotopic (exact) mass is 398 g/mol. The van der Waals surface area contributed by atoms with E-state index in [1.807, 2.05) is 0 Å². The summed E-state index contributed by atoms with van der Waals surface area (Å²) in [5, 5.41) is 35.3. The molecule has 3 rings (SSSR count). The van der Waals surface area contributed by atoms with E-state index in [1.165, 1.54) is 18.4 Å². The topological polar surface area (TPSA) is 157 Å². The van der Waals surface area contributed by atoms with E-state index in [2.05, 4.69) is 30.7 Å². The Balaban J connectivity index is 1.66. The van der Waals surface area contributed by atoms with E-state index in [1.54, 1.807) is 6.07 Å². The number of anilines is 1. The molecule has 0 saturated heterocycles. The van der Waals surface area contributed by atoms with Crippen LogP contribution in [0.2, 0.25) is 0 Å². The molecular weight excluding hydrogens is 379 g/mol. The summed E-state index contributed by atoms with van der Waals surface area (Å²) in [6.07, 6.45) is 0.808. The lowest BCUT2D eigenvalue weighted by Crippen LogP contribution is -2.37. The van der Waals surface area contributed by atoms with Gasteiger partial charge in [-0.25, -0.2) is 9.02 Å². The number of nitrogens with zero attached hydrogens (tertiary/aromatic N) is 3. The number of aromatic nitrogens is 2. The number of aliphatic hydroxyl groups excluding tert-OH is 1. The SMILES string of the molecule is CS(=N)(=O)C[C@H](O)CNc1nonc1C(=NO)NC1Cc2ccc(F)cc21. The molecule has 27 heavy (non-hydrogen) atoms. The van der Waals surface area contributed by atoms with E-state index in [9.17, 15) is 18.9 Å². The third-order valence-corrected chi connectivity index (χ3v) is 5.07. The molecule has 1 aliphatic rings. The summed E-state index contributed by atoms with van der Waals surface area (Å²) in [7, 11) is -2.85. The third-order valence-electron chi connectivity index (χ3n) is 4.05. The van der Waals surface area contributed by atoms with E-state index >= 15 is 0 Å². The van der Waals surface area contributed by atoms with Crippen LogP contribution in [0.25, 0.3) is 0 Å². The molecule has 0 amide bonds. The van der Waals surface area contributed by atoms with Crippen LogP contribution in [0.15, 0.2) is 28.0 Å². The van der Waals surface area contributed by atoms with Crippen molar-refractivity contribution in [1.82, 2.24) is 15.6 Å². The lowest BCUT2D eigenvalue weighted by Gasteiger charge is -2.31. The fraction of sp³-hybridized carbons (Fsp3) is 0.400. The smallest absolute Gasteiger partial charge is 0.202 e. The van der Waals surface area contributed by atoms with Gasteiger partial charge in [0.05, 0.1) is 17.9 Å². The van der Waals surface area contributed by atoms with Crippen molar-refractivity contribution in [3.05, 3.63) is 40.8 Å². The highest BCUT2D eigenvalue weighted by molar-refractivity contribution is 7.91. The summed E-state index contributed by atoms with van der Waals surface area (Å²) >= 11 is 0. The predicted molar refractivity (Wildman–Crippen MR) is 94.8 cm³/mol. The van der Waals surface area contributed by atoms with Crippen molar-refractivity contribution in [2.24, 2.45) is 5.16 Å². The molecule has 10 nitrogen and oxygen atoms in total. The van der Waals surface area contributed by atoms with Crippen molar-refractivity contribution >= 4 is 21.4 Å². The second-order valence-electron chi connectivity index (χ2n) is 6.36. The molecule has 0 spiro atoms. The maximum Gasteiger partial charge on any atom is 0.202 e. The molecule has 1 aliphatic carbocycles. The van der Waals surface area contributed by atoms with Gasteiger partial charge >= 0.3 is 0 Å². The van der Waals surface area contributed by atoms with Crippen molar-refractivity contribution in [2.45, 2.75) is 18.6 Å². The van der Waals surface area contributed by atoms with Gasteiger partial charge in [0, 0.05) is 22.5 Å². The lowest BCUT2D eigenvalue weighted by atomic mass is 9.83. The number of rotatable bonds is 7. The molecule has 2 aromatic rings. The highest BCUT2D eigenvalue weighted by Gasteiger charge is 2.29. The van der Waals surface area contributed by atoms with Crippen LogP contribution in [0.1, 0.15) is 22.9 Å². The summed E-state index contributed by atoms with van der Waals surface area (Å²) in [6.45, 7) is -0.0545. The number of amidine groups is 1. The zero-order chi connectivity index (χ0) is 19.6. The number of benzene rings is 1. The Morgan fingerprint density at radius 2 is 2.33 bits per heavy atom. The van der Waals surface area contributed by atoms with Gasteiger partial charge in [0.2, 0.25) is 5.82 Å². The number of hydrogen-bond acceptors (Lipinski definition) is 9. The Kier molecular flexibility index (Phi) is 5.28. The van der Waals surface area contributed by atoms with Crippen LogP contribution in [0.5, 0.6) is 0 Å². The van der Waals surface area contributed by atoms with Gasteiger partial charge in [-0.3, -0.25) is 8.99 Å². The Hall–Kier alpha value is -2.73. The highest BCUT2D eigenvalue weighted by Crippen LogP contribution is 2.33. The standard InChI is InChI=1S/C15H19FN6O4S/c1-27(17,25)7-10(23)6-18-14-13(21-26-22-14)15(20-24)19-12-4-8-2-3-9(16)5-11(8)12/h2-3,5,10,12,17,23-24H,4,6-7H2,1H3,(H,18,22)(H,19,20)/t10-,12?,27?/m1/s1. The molecule has 3 atom stereocenters. The van der Waals surface area contributed by atoms with Crippen molar-refractivity contribution < 1.29 is 23.5 Å². The van der Waals surface area contributed by atoms with Gasteiger partial charge in [-0.2, -0.15) is 0 Å². The number of halogens is 1. The first kappa shape index (κ1) is 19.0. The Labute approximate surface area is 154 Å². The molecule has 0 fully saturated rings. The van der Waals surface area contributed by atoms with Gasteiger partial charge in [-0.15, -0.1) is 0 Å². The van der Waals surface area contributed by atoms with Crippen LogP contribution in [0.4, 0.5) is 10.2 Å². The van der Waals surface area contributed by atoms with Gasteiger partial charge < -0.3 is 20.9 Å². The number of oxime groups is 1. The molecule has 0 saturated carbocycles. The molecule has 0 aliphatic heterocycles. The molecule has 0 bridgehead atoms. The molecule has 0 radical (unpaired) electrons. The lowest BCUT2D eigenvalue weighted by molar-refractivity contribution is 0.211. The molecule has 1 aromatic carbocycles. The fourth-order valence-corrected chi connectivity index (χ4v) is 3.67. The first-order valence-electron chi connectivity index (χ1n) is 8.00. The average Bonchev–Trinajstić information content (AvgIpc) is 3.03. The predicted octanol–water partition coefficient (Wildman–Crippen LogP) is 0.681. The second-order valence-corrected chi connectivity index (χ2v) is 8.70. The van der Waals surface area contributed by atoms with Crippen molar-refractivity contribution in [1.29, 1.82) is 4.78 Å². The maximum absolute atomic E-state index is 13.4. The van der Waals surface area contributed by atoms with Crippen molar-refractivity contribution in [3.8, 4) is 0 Å². The fourth-order valence-electron chi connectivity index (χ4n) is 2.81. The van der Waals surface area contributed by atoms with Gasteiger partial charge in [0.1, 0.15) is 5.82 Å². The van der Waals surface area contributed by atoms with Gasteiger partial charge in [0.15, 0.2) is 11.5 Å². The quantitative estimate of drug-likeness (QED) is 0.197. The van der Waals surface area contributed by atoms with Crippen LogP contribution in [0.3, 0.4) is 0 Å². The third kappa shape index (κ3) is 4.52. The largest absolute Gasteiger partial charge is 0.409 e. The van der Waals surface area contributed by atoms with Crippen LogP contribution in [-0.4, -0.2) is 55.3 Å². The van der Waals surface area contributed by atoms with E-state index in [0.29, 0.717) is 6.42 Å². The first-order chi connectivity index (χ1) is 12.8. The van der Waals surface area contributed by atoms with E-state index in [4.69, 9.17) is 4.78 Å². The van der Waals surface area contributed by atoms with Gasteiger partial charge in [-0.1, -0.05) is 11.2 Å². The summed E-state index contributed by atoms with van der Waals surface area (Å²) in [6, 6.07) is 4.23. The van der Waals surface area contributed by atoms with E-state index in [0.717, 1.165) is 11.1 Å². The Morgan fingerprint density at radius 3 is 3.04 bits per heavy atom. The van der Waals surface area contributed by atoms with Crippen molar-refractivity contribution in [2.75, 3.05) is 23.9 Å². The van der Waals surface area contributed by atoms with E-state index < -0.39 is 15.8 Å². The minimum absolute atomic E-state index is 0.0343. The van der Waals surface area contributed by atoms with Gasteiger partial charge in [0.25, 0.3) is 0 Å². The molecular formula is C15H19FN6O4S. The number of hydrogen-bond donors (Lipinski definition) is 5. The summed E-state index contributed by atoms with van der Waals surface area (Å²) < 4.78 is 36.8. The molecule has 1 heterocycles. The summed E-state index contributed by atoms with van der Waals surface area (Å²) in [5.74, 6) is -0.498. The zero-order valence-corrected chi connectivity index (χ0v) is 15.2. The second kappa shape index (κ2) is 7.48. The average molecular weight is 398 g/mol. The minimum Gasteiger partial charge on any atom is -0.409 e. The van der Waals surface area contributed by atoms with E-state index in [-0.39, 0.29) is 41.5 Å². The van der Waals surface area contributed by atoms with Crippen LogP contribution < -0.4 is 10.6 Å². The normalized spacial score (nSPS) is 19.5. The maximum atomic E-state index is 13.4. The highest BCUT2D eigenvalue weighted by atomic mass is 32.2. The molecule has 5 N–H and O–H groups in total. The zero-order valence-electron chi connectivity index (χ0n) is 14.3. The summed E-state index contributed by atoms with van der Waals surface area (Å²) in [5.41, 5.74) is 1.81. The molecule has 12 heteroatoms. The van der Waals surface area contributed by atoms with Crippen molar-refractivity contribution in [3.63, 3.8) is 0 Å². The van der Waals surface area contributed by atoms with Gasteiger partial charge in [-0.05, 0) is 40.0 Å². The molecule has 1 aromatic heterocycles. The molecule has 146 valence electrons.